The molecule has 0 bridgehead atoms. The predicted octanol–water partition coefficient (Wildman–Crippen LogP) is 3.05. The molecule has 0 unspecified atom stereocenters. The summed E-state index contributed by atoms with van der Waals surface area (Å²) in [5.74, 6) is 0. The van der Waals surface area contributed by atoms with Gasteiger partial charge in [0, 0.05) is 12.2 Å². The molecular weight excluding hydrogens is 160 g/mol. The van der Waals surface area contributed by atoms with Gasteiger partial charge in [-0.1, -0.05) is 20.8 Å². The Labute approximate surface area is 81.0 Å². The van der Waals surface area contributed by atoms with Gasteiger partial charge in [0.05, 0.1) is 5.69 Å². The van der Waals surface area contributed by atoms with Gasteiger partial charge >= 0.3 is 0 Å². The summed E-state index contributed by atoms with van der Waals surface area (Å²) < 4.78 is 2.01. The maximum absolute atomic E-state index is 4.51. The number of hydrogen-bond donors (Lipinski definition) is 0. The quantitative estimate of drug-likeness (QED) is 0.684. The fourth-order valence-electron chi connectivity index (χ4n) is 1.30. The van der Waals surface area contributed by atoms with Gasteiger partial charge in [0.1, 0.15) is 0 Å². The minimum absolute atomic E-state index is 0.330. The Morgan fingerprint density at radius 3 is 2.38 bits per heavy atom. The molecule has 0 fully saturated rings. The van der Waals surface area contributed by atoms with E-state index < -0.39 is 0 Å². The predicted molar refractivity (Wildman–Crippen MR) is 55.8 cm³/mol. The molecule has 0 aromatic carbocycles. The molecule has 0 aliphatic heterocycles. The number of hydrogen-bond acceptors (Lipinski definition) is 1. The molecule has 0 atom stereocenters. The van der Waals surface area contributed by atoms with Gasteiger partial charge in [0.25, 0.3) is 0 Å². The van der Waals surface area contributed by atoms with Crippen molar-refractivity contribution in [2.45, 2.75) is 47.1 Å². The van der Waals surface area contributed by atoms with Gasteiger partial charge in [-0.3, -0.25) is 4.68 Å². The smallest absolute Gasteiger partial charge is 0.0629 e. The van der Waals surface area contributed by atoms with Crippen LogP contribution in [-0.4, -0.2) is 9.78 Å². The topological polar surface area (TPSA) is 17.8 Å². The molecular formula is C11H20N2. The Bertz CT molecular complexity index is 266. The molecule has 1 aromatic heterocycles. The summed E-state index contributed by atoms with van der Waals surface area (Å²) in [5, 5.41) is 4.51. The summed E-state index contributed by atoms with van der Waals surface area (Å²) >= 11 is 0. The molecule has 1 heterocycles. The van der Waals surface area contributed by atoms with Gasteiger partial charge in [0.2, 0.25) is 0 Å². The van der Waals surface area contributed by atoms with Gasteiger partial charge in [-0.15, -0.1) is 0 Å². The van der Waals surface area contributed by atoms with E-state index in [9.17, 15) is 0 Å². The van der Waals surface area contributed by atoms with Crippen LogP contribution in [0.2, 0.25) is 0 Å². The van der Waals surface area contributed by atoms with E-state index in [1.807, 2.05) is 4.68 Å². The zero-order chi connectivity index (χ0) is 10.1. The van der Waals surface area contributed by atoms with Crippen LogP contribution in [0, 0.1) is 5.41 Å². The fourth-order valence-corrected chi connectivity index (χ4v) is 1.30. The molecule has 0 radical (unpaired) electrons. The van der Waals surface area contributed by atoms with Crippen molar-refractivity contribution in [1.82, 2.24) is 9.78 Å². The number of aromatic nitrogens is 2. The van der Waals surface area contributed by atoms with Gasteiger partial charge in [0.15, 0.2) is 0 Å². The molecule has 2 nitrogen and oxygen atoms in total. The molecule has 1 aromatic rings. The first-order valence-electron chi connectivity index (χ1n) is 4.92. The summed E-state index contributed by atoms with van der Waals surface area (Å²) in [4.78, 5) is 0. The minimum Gasteiger partial charge on any atom is -0.270 e. The van der Waals surface area contributed by atoms with Gasteiger partial charge in [-0.2, -0.15) is 5.10 Å². The first-order valence-corrected chi connectivity index (χ1v) is 4.92. The molecule has 0 aliphatic carbocycles. The molecule has 0 saturated carbocycles. The Morgan fingerprint density at radius 2 is 2.00 bits per heavy atom. The zero-order valence-corrected chi connectivity index (χ0v) is 9.33. The van der Waals surface area contributed by atoms with Crippen molar-refractivity contribution in [3.05, 3.63) is 18.0 Å². The van der Waals surface area contributed by atoms with Crippen molar-refractivity contribution in [1.29, 1.82) is 0 Å². The molecule has 0 saturated heterocycles. The molecule has 0 aliphatic rings. The second kappa shape index (κ2) is 3.52. The van der Waals surface area contributed by atoms with Crippen LogP contribution in [0.1, 0.15) is 46.4 Å². The first kappa shape index (κ1) is 10.3. The third-order valence-electron chi connectivity index (χ3n) is 1.90. The zero-order valence-electron chi connectivity index (χ0n) is 9.33. The molecule has 0 spiro atoms. The minimum atomic E-state index is 0.330. The largest absolute Gasteiger partial charge is 0.270 e. The van der Waals surface area contributed by atoms with Crippen LogP contribution in [0.3, 0.4) is 0 Å². The van der Waals surface area contributed by atoms with Crippen LogP contribution in [0.15, 0.2) is 12.3 Å². The van der Waals surface area contributed by atoms with Crippen molar-refractivity contribution in [3.8, 4) is 0 Å². The standard InChI is InChI=1S/C11H20N2/c1-9(2)13-7-6-10(12-13)8-11(3,4)5/h6-7,9H,8H2,1-5H3. The van der Waals surface area contributed by atoms with Crippen LogP contribution in [0.25, 0.3) is 0 Å². The average Bonchev–Trinajstić information content (AvgIpc) is 2.31. The lowest BCUT2D eigenvalue weighted by molar-refractivity contribution is 0.401. The van der Waals surface area contributed by atoms with E-state index in [1.165, 1.54) is 5.69 Å². The van der Waals surface area contributed by atoms with E-state index in [0.29, 0.717) is 11.5 Å². The van der Waals surface area contributed by atoms with Crippen LogP contribution in [-0.2, 0) is 6.42 Å². The van der Waals surface area contributed by atoms with E-state index in [4.69, 9.17) is 0 Å². The summed E-state index contributed by atoms with van der Waals surface area (Å²) in [6, 6.07) is 2.58. The monoisotopic (exact) mass is 180 g/mol. The molecule has 2 heteroatoms. The van der Waals surface area contributed by atoms with Crippen LogP contribution in [0.4, 0.5) is 0 Å². The molecule has 1 rings (SSSR count). The van der Waals surface area contributed by atoms with Gasteiger partial charge < -0.3 is 0 Å². The van der Waals surface area contributed by atoms with Crippen molar-refractivity contribution >= 4 is 0 Å². The Hall–Kier alpha value is -0.790. The Morgan fingerprint density at radius 1 is 1.38 bits per heavy atom. The van der Waals surface area contributed by atoms with Gasteiger partial charge in [-0.05, 0) is 31.7 Å². The van der Waals surface area contributed by atoms with E-state index in [2.05, 4.69) is 52.0 Å². The van der Waals surface area contributed by atoms with E-state index in [0.717, 1.165) is 6.42 Å². The van der Waals surface area contributed by atoms with Crippen LogP contribution in [0.5, 0.6) is 0 Å². The van der Waals surface area contributed by atoms with Crippen LogP contribution >= 0.6 is 0 Å². The summed E-state index contributed by atoms with van der Waals surface area (Å²) in [6.07, 6.45) is 3.11. The summed E-state index contributed by atoms with van der Waals surface area (Å²) in [6.45, 7) is 11.0. The second-order valence-corrected chi connectivity index (χ2v) is 5.12. The van der Waals surface area contributed by atoms with Gasteiger partial charge in [-0.25, -0.2) is 0 Å². The van der Waals surface area contributed by atoms with Crippen molar-refractivity contribution in [2.24, 2.45) is 5.41 Å². The lowest BCUT2D eigenvalue weighted by atomic mass is 9.91. The number of rotatable bonds is 2. The normalized spacial score (nSPS) is 12.5. The highest BCUT2D eigenvalue weighted by Crippen LogP contribution is 2.19. The lowest BCUT2D eigenvalue weighted by Crippen LogP contribution is -2.10. The Kier molecular flexibility index (Phi) is 2.79. The number of nitrogens with zero attached hydrogens (tertiary/aromatic N) is 2. The van der Waals surface area contributed by atoms with Crippen molar-refractivity contribution < 1.29 is 0 Å². The highest BCUT2D eigenvalue weighted by Gasteiger charge is 2.13. The van der Waals surface area contributed by atoms with E-state index >= 15 is 0 Å². The average molecular weight is 180 g/mol. The maximum Gasteiger partial charge on any atom is 0.0629 e. The molecule has 74 valence electrons. The lowest BCUT2D eigenvalue weighted by Gasteiger charge is -2.15. The molecule has 13 heavy (non-hydrogen) atoms. The maximum atomic E-state index is 4.51. The van der Waals surface area contributed by atoms with Crippen molar-refractivity contribution in [3.63, 3.8) is 0 Å². The first-order chi connectivity index (χ1) is 5.88. The molecule has 0 amide bonds. The van der Waals surface area contributed by atoms with E-state index in [1.54, 1.807) is 0 Å². The molecule has 0 N–H and O–H groups in total. The van der Waals surface area contributed by atoms with Crippen molar-refractivity contribution in [2.75, 3.05) is 0 Å². The second-order valence-electron chi connectivity index (χ2n) is 5.12. The highest BCUT2D eigenvalue weighted by molar-refractivity contribution is 5.01. The SMILES string of the molecule is CC(C)n1ccc(CC(C)(C)C)n1. The third kappa shape index (κ3) is 3.21. The van der Waals surface area contributed by atoms with E-state index in [-0.39, 0.29) is 0 Å². The third-order valence-corrected chi connectivity index (χ3v) is 1.90. The summed E-state index contributed by atoms with van der Waals surface area (Å²) in [7, 11) is 0. The van der Waals surface area contributed by atoms with Crippen LogP contribution < -0.4 is 0 Å². The Balaban J connectivity index is 2.70. The summed E-state index contributed by atoms with van der Waals surface area (Å²) in [5.41, 5.74) is 1.53. The highest BCUT2D eigenvalue weighted by atomic mass is 15.3. The fraction of sp³-hybridized carbons (Fsp3) is 0.727.